The number of nitrogens with zero attached hydrogens (tertiary/aromatic N) is 2. The minimum absolute atomic E-state index is 0.137. The zero-order valence-corrected chi connectivity index (χ0v) is 18.5. The number of hydrogen-bond donors (Lipinski definition) is 2. The van der Waals surface area contributed by atoms with Gasteiger partial charge in [0.2, 0.25) is 11.8 Å². The van der Waals surface area contributed by atoms with Gasteiger partial charge in [-0.05, 0) is 32.1 Å². The van der Waals surface area contributed by atoms with Crippen LogP contribution in [-0.4, -0.2) is 81.8 Å². The highest BCUT2D eigenvalue weighted by molar-refractivity contribution is 5.98. The molecule has 3 aliphatic rings. The van der Waals surface area contributed by atoms with E-state index in [0.29, 0.717) is 45.3 Å². The van der Waals surface area contributed by atoms with Crippen LogP contribution in [-0.2, 0) is 19.1 Å². The molecule has 174 valence electrons. The van der Waals surface area contributed by atoms with Gasteiger partial charge in [0.05, 0.1) is 17.9 Å². The van der Waals surface area contributed by atoms with Gasteiger partial charge in [-0.25, -0.2) is 0 Å². The number of fused-ring (bicyclic) bond motifs is 1. The van der Waals surface area contributed by atoms with Gasteiger partial charge in [0.25, 0.3) is 0 Å². The van der Waals surface area contributed by atoms with Crippen LogP contribution in [0.4, 0.5) is 0 Å². The quantitative estimate of drug-likeness (QED) is 0.337. The van der Waals surface area contributed by atoms with E-state index in [2.05, 4.69) is 13.5 Å². The smallest absolute Gasteiger partial charge is 0.310 e. The molecule has 0 aliphatic carbocycles. The van der Waals surface area contributed by atoms with Gasteiger partial charge in [-0.3, -0.25) is 14.4 Å². The molecule has 3 aliphatic heterocycles. The number of carbonyl (C=O) groups excluding carboxylic acids is 2. The number of rotatable bonds is 13. The van der Waals surface area contributed by atoms with Crippen molar-refractivity contribution < 1.29 is 29.3 Å². The zero-order valence-electron chi connectivity index (χ0n) is 18.5. The Morgan fingerprint density at radius 3 is 2.68 bits per heavy atom. The standard InChI is InChI=1S/C23H36N2O6/c1-3-5-13-24(12-4-2)21(28)19-23-11-10-16(31-23)17(22(29)30)18(23)20(27)25(19)14-8-6-7-9-15-26/h4,16-19,26H,2-3,5-15H2,1H3,(H,29,30)/t16-,17+,18+,19?,23?/m1/s1. The second-order valence-corrected chi connectivity index (χ2v) is 8.99. The molecule has 3 fully saturated rings. The van der Waals surface area contributed by atoms with Crippen LogP contribution in [0.25, 0.3) is 0 Å². The summed E-state index contributed by atoms with van der Waals surface area (Å²) in [7, 11) is 0. The third-order valence-corrected chi connectivity index (χ3v) is 7.07. The maximum atomic E-state index is 13.8. The highest BCUT2D eigenvalue weighted by Crippen LogP contribution is 2.58. The molecule has 0 aromatic carbocycles. The SMILES string of the molecule is C=CCN(CCCC)C(=O)C1N(CCCCCCO)C(=O)[C@@H]2[C@@H](C(=O)O)[C@H]3CCC12O3. The van der Waals surface area contributed by atoms with Gasteiger partial charge in [-0.1, -0.05) is 32.3 Å². The van der Waals surface area contributed by atoms with Crippen molar-refractivity contribution in [2.24, 2.45) is 11.8 Å². The number of ether oxygens (including phenoxy) is 1. The first-order chi connectivity index (χ1) is 14.9. The van der Waals surface area contributed by atoms with Crippen LogP contribution in [0.1, 0.15) is 58.3 Å². The average Bonchev–Trinajstić information content (AvgIpc) is 3.38. The van der Waals surface area contributed by atoms with Crippen LogP contribution in [0, 0.1) is 11.8 Å². The molecule has 3 rings (SSSR count). The van der Waals surface area contributed by atoms with Crippen LogP contribution in [0.2, 0.25) is 0 Å². The molecule has 3 heterocycles. The molecule has 1 spiro atoms. The number of amides is 2. The summed E-state index contributed by atoms with van der Waals surface area (Å²) in [4.78, 5) is 42.5. The van der Waals surface area contributed by atoms with E-state index in [4.69, 9.17) is 9.84 Å². The molecule has 0 saturated carbocycles. The summed E-state index contributed by atoms with van der Waals surface area (Å²) in [5.41, 5.74) is -1.04. The van der Waals surface area contributed by atoms with Gasteiger partial charge in [-0.15, -0.1) is 6.58 Å². The molecule has 0 radical (unpaired) electrons. The lowest BCUT2D eigenvalue weighted by atomic mass is 9.70. The molecular formula is C23H36N2O6. The Labute approximate surface area is 184 Å². The van der Waals surface area contributed by atoms with E-state index in [9.17, 15) is 19.5 Å². The van der Waals surface area contributed by atoms with E-state index in [-0.39, 0.29) is 18.4 Å². The Kier molecular flexibility index (Phi) is 7.75. The molecule has 3 saturated heterocycles. The van der Waals surface area contributed by atoms with Gasteiger partial charge >= 0.3 is 5.97 Å². The minimum Gasteiger partial charge on any atom is -0.481 e. The van der Waals surface area contributed by atoms with Crippen molar-refractivity contribution in [2.75, 3.05) is 26.2 Å². The predicted molar refractivity (Wildman–Crippen MR) is 114 cm³/mol. The van der Waals surface area contributed by atoms with Crippen molar-refractivity contribution in [3.63, 3.8) is 0 Å². The Hall–Kier alpha value is -1.93. The Morgan fingerprint density at radius 1 is 1.29 bits per heavy atom. The first-order valence-electron chi connectivity index (χ1n) is 11.6. The van der Waals surface area contributed by atoms with Crippen molar-refractivity contribution in [2.45, 2.75) is 76.0 Å². The molecule has 2 unspecified atom stereocenters. The summed E-state index contributed by atoms with van der Waals surface area (Å²) in [6, 6.07) is -0.783. The first kappa shape index (κ1) is 23.7. The molecule has 8 heteroatoms. The number of carboxylic acids is 1. The van der Waals surface area contributed by atoms with E-state index in [0.717, 1.165) is 25.7 Å². The number of carbonyl (C=O) groups is 3. The molecule has 31 heavy (non-hydrogen) atoms. The van der Waals surface area contributed by atoms with Crippen molar-refractivity contribution in [1.29, 1.82) is 0 Å². The number of hydrogen-bond acceptors (Lipinski definition) is 5. The fourth-order valence-electron chi connectivity index (χ4n) is 5.67. The average molecular weight is 437 g/mol. The number of unbranched alkanes of at least 4 members (excludes halogenated alkanes) is 4. The van der Waals surface area contributed by atoms with Crippen molar-refractivity contribution in [3.8, 4) is 0 Å². The van der Waals surface area contributed by atoms with Gasteiger partial charge in [0.15, 0.2) is 0 Å². The van der Waals surface area contributed by atoms with Gasteiger partial charge in [0, 0.05) is 26.2 Å². The summed E-state index contributed by atoms with van der Waals surface area (Å²) in [6.45, 7) is 7.33. The van der Waals surface area contributed by atoms with E-state index in [1.165, 1.54) is 0 Å². The van der Waals surface area contributed by atoms with Crippen molar-refractivity contribution in [1.82, 2.24) is 9.80 Å². The van der Waals surface area contributed by atoms with E-state index < -0.39 is 35.6 Å². The minimum atomic E-state index is -1.04. The zero-order chi connectivity index (χ0) is 22.6. The Bertz CT molecular complexity index is 698. The molecule has 2 N–H and O–H groups in total. The van der Waals surface area contributed by atoms with Crippen LogP contribution >= 0.6 is 0 Å². The third kappa shape index (κ3) is 4.24. The number of aliphatic carboxylic acids is 1. The first-order valence-corrected chi connectivity index (χ1v) is 11.6. The highest BCUT2D eigenvalue weighted by Gasteiger charge is 2.74. The maximum absolute atomic E-state index is 13.8. The summed E-state index contributed by atoms with van der Waals surface area (Å²) in [6.07, 6.45) is 7.15. The van der Waals surface area contributed by atoms with Gasteiger partial charge in [0.1, 0.15) is 11.6 Å². The fraction of sp³-hybridized carbons (Fsp3) is 0.783. The van der Waals surface area contributed by atoms with E-state index in [1.807, 2.05) is 0 Å². The number of likely N-dealkylation sites (tertiary alicyclic amines) is 1. The second-order valence-electron chi connectivity index (χ2n) is 8.99. The Balaban J connectivity index is 1.89. The molecule has 0 aromatic heterocycles. The number of carboxylic acid groups (broad SMARTS) is 1. The monoisotopic (exact) mass is 436 g/mol. The summed E-state index contributed by atoms with van der Waals surface area (Å²) in [5.74, 6) is -3.13. The van der Waals surface area contributed by atoms with E-state index >= 15 is 0 Å². The fourth-order valence-corrected chi connectivity index (χ4v) is 5.67. The predicted octanol–water partition coefficient (Wildman–Crippen LogP) is 1.81. The molecule has 2 amide bonds. The lowest BCUT2D eigenvalue weighted by Crippen LogP contribution is -2.56. The lowest BCUT2D eigenvalue weighted by Gasteiger charge is -2.36. The summed E-state index contributed by atoms with van der Waals surface area (Å²) in [5, 5.41) is 18.8. The largest absolute Gasteiger partial charge is 0.481 e. The topological polar surface area (TPSA) is 107 Å². The molecule has 8 nitrogen and oxygen atoms in total. The van der Waals surface area contributed by atoms with E-state index in [1.54, 1.807) is 15.9 Å². The highest BCUT2D eigenvalue weighted by atomic mass is 16.5. The van der Waals surface area contributed by atoms with Crippen LogP contribution < -0.4 is 0 Å². The summed E-state index contributed by atoms with van der Waals surface area (Å²) >= 11 is 0. The normalized spacial score (nSPS) is 31.2. The van der Waals surface area contributed by atoms with Crippen LogP contribution in [0.5, 0.6) is 0 Å². The van der Waals surface area contributed by atoms with Crippen LogP contribution in [0.15, 0.2) is 12.7 Å². The second kappa shape index (κ2) is 10.1. The number of aliphatic hydroxyl groups is 1. The molecule has 5 atom stereocenters. The lowest BCUT2D eigenvalue weighted by molar-refractivity contribution is -0.151. The Morgan fingerprint density at radius 2 is 2.03 bits per heavy atom. The molecule has 2 bridgehead atoms. The van der Waals surface area contributed by atoms with Gasteiger partial charge < -0.3 is 24.7 Å². The maximum Gasteiger partial charge on any atom is 0.310 e. The van der Waals surface area contributed by atoms with Crippen molar-refractivity contribution >= 4 is 17.8 Å². The third-order valence-electron chi connectivity index (χ3n) is 7.07. The molecular weight excluding hydrogens is 400 g/mol. The molecule has 0 aromatic rings. The number of aliphatic hydroxyl groups excluding tert-OH is 1. The van der Waals surface area contributed by atoms with Gasteiger partial charge in [-0.2, -0.15) is 0 Å². The van der Waals surface area contributed by atoms with Crippen LogP contribution in [0.3, 0.4) is 0 Å². The van der Waals surface area contributed by atoms with Crippen molar-refractivity contribution in [3.05, 3.63) is 12.7 Å². The summed E-state index contributed by atoms with van der Waals surface area (Å²) < 4.78 is 6.22.